The number of nitrogens with zero attached hydrogens (tertiary/aromatic N) is 3. The zero-order valence-corrected chi connectivity index (χ0v) is 13.4. The number of hydrogen-bond acceptors (Lipinski definition) is 3. The molecule has 5 heteroatoms. The summed E-state index contributed by atoms with van der Waals surface area (Å²) >= 11 is 1.70. The van der Waals surface area contributed by atoms with Crippen LogP contribution in [0.15, 0.2) is 24.3 Å². The first kappa shape index (κ1) is 13.9. The van der Waals surface area contributed by atoms with Crippen molar-refractivity contribution in [3.05, 3.63) is 40.8 Å². The Morgan fingerprint density at radius 2 is 1.86 bits per heavy atom. The van der Waals surface area contributed by atoms with Gasteiger partial charge in [0.15, 0.2) is 0 Å². The first-order valence-corrected chi connectivity index (χ1v) is 8.66. The summed E-state index contributed by atoms with van der Waals surface area (Å²) in [5.41, 5.74) is 2.87. The third kappa shape index (κ3) is 2.33. The van der Waals surface area contributed by atoms with E-state index >= 15 is 0 Å². The highest BCUT2D eigenvalue weighted by atomic mass is 32.1. The largest absolute Gasteiger partial charge is 0.217 e. The third-order valence-corrected chi connectivity index (χ3v) is 5.59. The lowest BCUT2D eigenvalue weighted by Crippen LogP contribution is -2.04. The number of aromatic nitrogens is 3. The van der Waals surface area contributed by atoms with Gasteiger partial charge in [-0.1, -0.05) is 30.6 Å². The van der Waals surface area contributed by atoms with Gasteiger partial charge in [-0.15, -0.1) is 0 Å². The van der Waals surface area contributed by atoms with Gasteiger partial charge in [-0.2, -0.15) is 5.10 Å². The topological polar surface area (TPSA) is 30.2 Å². The molecule has 0 unspecified atom stereocenters. The highest BCUT2D eigenvalue weighted by molar-refractivity contribution is 7.16. The molecule has 2 aromatic heterocycles. The second-order valence-corrected chi connectivity index (χ2v) is 7.01. The summed E-state index contributed by atoms with van der Waals surface area (Å²) < 4.78 is 15.0. The summed E-state index contributed by atoms with van der Waals surface area (Å²) in [5.74, 6) is 0.384. The first-order chi connectivity index (χ1) is 10.7. The van der Waals surface area contributed by atoms with Crippen molar-refractivity contribution >= 4 is 16.3 Å². The number of hydrogen-bond donors (Lipinski definition) is 0. The fourth-order valence-electron chi connectivity index (χ4n) is 3.26. The van der Waals surface area contributed by atoms with E-state index in [1.165, 1.54) is 49.2 Å². The second kappa shape index (κ2) is 5.47. The van der Waals surface area contributed by atoms with E-state index < -0.39 is 0 Å². The van der Waals surface area contributed by atoms with E-state index in [0.717, 1.165) is 21.9 Å². The SMILES string of the molecule is Cc1c(-c2ccc(F)cc2)nc2sc(C3CCCCC3)nn12. The summed E-state index contributed by atoms with van der Waals surface area (Å²) in [4.78, 5) is 5.67. The number of imidazole rings is 1. The number of benzene rings is 1. The van der Waals surface area contributed by atoms with Crippen LogP contribution in [0.1, 0.15) is 48.7 Å². The molecular weight excluding hydrogens is 297 g/mol. The van der Waals surface area contributed by atoms with Crippen LogP contribution in [0.3, 0.4) is 0 Å². The van der Waals surface area contributed by atoms with Crippen molar-refractivity contribution in [3.8, 4) is 11.3 Å². The monoisotopic (exact) mass is 315 g/mol. The van der Waals surface area contributed by atoms with E-state index in [4.69, 9.17) is 10.1 Å². The molecule has 0 radical (unpaired) electrons. The maximum atomic E-state index is 13.1. The molecule has 1 saturated carbocycles. The average Bonchev–Trinajstić information content (AvgIpc) is 3.09. The first-order valence-electron chi connectivity index (χ1n) is 7.84. The van der Waals surface area contributed by atoms with Crippen molar-refractivity contribution in [3.63, 3.8) is 0 Å². The van der Waals surface area contributed by atoms with Gasteiger partial charge in [-0.05, 0) is 44.0 Å². The van der Waals surface area contributed by atoms with Gasteiger partial charge in [0, 0.05) is 11.5 Å². The van der Waals surface area contributed by atoms with Crippen molar-refractivity contribution in [2.45, 2.75) is 44.9 Å². The van der Waals surface area contributed by atoms with Crippen molar-refractivity contribution in [1.29, 1.82) is 0 Å². The molecule has 0 atom stereocenters. The Bertz CT molecular complexity index is 797. The third-order valence-electron chi connectivity index (χ3n) is 4.52. The summed E-state index contributed by atoms with van der Waals surface area (Å²) in [7, 11) is 0. The maximum absolute atomic E-state index is 13.1. The molecule has 114 valence electrons. The van der Waals surface area contributed by atoms with Crippen LogP contribution in [0.2, 0.25) is 0 Å². The van der Waals surface area contributed by atoms with Gasteiger partial charge >= 0.3 is 0 Å². The van der Waals surface area contributed by atoms with Gasteiger partial charge in [-0.3, -0.25) is 0 Å². The van der Waals surface area contributed by atoms with E-state index in [2.05, 4.69) is 0 Å². The molecule has 0 N–H and O–H groups in total. The molecular formula is C17H18FN3S. The Morgan fingerprint density at radius 1 is 1.14 bits per heavy atom. The summed E-state index contributed by atoms with van der Waals surface area (Å²) in [6.07, 6.45) is 6.48. The normalized spacial score (nSPS) is 16.5. The Balaban J connectivity index is 1.72. The number of fused-ring (bicyclic) bond motifs is 1. The molecule has 0 spiro atoms. The molecule has 1 fully saturated rings. The Kier molecular flexibility index (Phi) is 3.45. The molecule has 0 saturated heterocycles. The van der Waals surface area contributed by atoms with E-state index in [9.17, 15) is 4.39 Å². The van der Waals surface area contributed by atoms with Gasteiger partial charge in [0.25, 0.3) is 0 Å². The smallest absolute Gasteiger partial charge is 0.212 e. The number of halogens is 1. The van der Waals surface area contributed by atoms with Crippen LogP contribution in [-0.4, -0.2) is 14.6 Å². The van der Waals surface area contributed by atoms with Crippen LogP contribution >= 0.6 is 11.3 Å². The molecule has 1 aliphatic carbocycles. The summed E-state index contributed by atoms with van der Waals surface area (Å²) in [5, 5.41) is 6.02. The van der Waals surface area contributed by atoms with Gasteiger partial charge in [0.1, 0.15) is 10.8 Å². The van der Waals surface area contributed by atoms with Gasteiger partial charge in [0.2, 0.25) is 4.96 Å². The molecule has 0 amide bonds. The zero-order valence-electron chi connectivity index (χ0n) is 12.6. The number of rotatable bonds is 2. The van der Waals surface area contributed by atoms with Crippen molar-refractivity contribution in [2.75, 3.05) is 0 Å². The molecule has 22 heavy (non-hydrogen) atoms. The minimum absolute atomic E-state index is 0.222. The predicted octanol–water partition coefficient (Wildman–Crippen LogP) is 4.95. The number of aryl methyl sites for hydroxylation is 1. The van der Waals surface area contributed by atoms with Crippen molar-refractivity contribution < 1.29 is 4.39 Å². The molecule has 3 aromatic rings. The van der Waals surface area contributed by atoms with Crippen LogP contribution in [0.25, 0.3) is 16.2 Å². The van der Waals surface area contributed by atoms with Crippen molar-refractivity contribution in [2.24, 2.45) is 0 Å². The summed E-state index contributed by atoms with van der Waals surface area (Å²) in [6, 6.07) is 6.50. The maximum Gasteiger partial charge on any atom is 0.212 e. The fourth-order valence-corrected chi connectivity index (χ4v) is 4.37. The molecule has 2 heterocycles. The summed E-state index contributed by atoms with van der Waals surface area (Å²) in [6.45, 7) is 2.03. The van der Waals surface area contributed by atoms with Crippen LogP contribution < -0.4 is 0 Å². The lowest BCUT2D eigenvalue weighted by Gasteiger charge is -2.18. The standard InChI is InChI=1S/C17H18FN3S/c1-11-15(12-7-9-14(18)10-8-12)19-17-21(11)20-16(22-17)13-5-3-2-4-6-13/h7-10,13H,2-6H2,1H3. The fraction of sp³-hybridized carbons (Fsp3) is 0.412. The van der Waals surface area contributed by atoms with Crippen LogP contribution in [0.4, 0.5) is 4.39 Å². The van der Waals surface area contributed by atoms with E-state index in [-0.39, 0.29) is 5.82 Å². The van der Waals surface area contributed by atoms with Gasteiger partial charge in [0.05, 0.1) is 11.4 Å². The molecule has 0 aliphatic heterocycles. The molecule has 1 aliphatic rings. The minimum atomic E-state index is -0.222. The predicted molar refractivity (Wildman–Crippen MR) is 86.8 cm³/mol. The quantitative estimate of drug-likeness (QED) is 0.669. The molecule has 4 rings (SSSR count). The van der Waals surface area contributed by atoms with Gasteiger partial charge in [-0.25, -0.2) is 13.9 Å². The highest BCUT2D eigenvalue weighted by Gasteiger charge is 2.22. The zero-order chi connectivity index (χ0) is 15.1. The lowest BCUT2D eigenvalue weighted by molar-refractivity contribution is 0.439. The molecule has 3 nitrogen and oxygen atoms in total. The van der Waals surface area contributed by atoms with Crippen LogP contribution in [0, 0.1) is 12.7 Å². The van der Waals surface area contributed by atoms with Gasteiger partial charge < -0.3 is 0 Å². The van der Waals surface area contributed by atoms with Crippen LogP contribution in [0.5, 0.6) is 0 Å². The molecule has 0 bridgehead atoms. The second-order valence-electron chi connectivity index (χ2n) is 6.02. The Hall–Kier alpha value is -1.75. The lowest BCUT2D eigenvalue weighted by atomic mass is 9.90. The average molecular weight is 315 g/mol. The Labute approximate surface area is 132 Å². The molecule has 1 aromatic carbocycles. The van der Waals surface area contributed by atoms with Crippen molar-refractivity contribution in [1.82, 2.24) is 14.6 Å². The van der Waals surface area contributed by atoms with Crippen LogP contribution in [-0.2, 0) is 0 Å². The van der Waals surface area contributed by atoms with E-state index in [1.54, 1.807) is 23.5 Å². The minimum Gasteiger partial charge on any atom is -0.217 e. The van der Waals surface area contributed by atoms with E-state index in [1.807, 2.05) is 11.4 Å². The highest BCUT2D eigenvalue weighted by Crippen LogP contribution is 2.36. The van der Waals surface area contributed by atoms with E-state index in [0.29, 0.717) is 5.92 Å². The Morgan fingerprint density at radius 3 is 2.55 bits per heavy atom.